The first-order chi connectivity index (χ1) is 16.7. The Bertz CT molecular complexity index is 1410. The average molecular weight is 544 g/mol. The van der Waals surface area contributed by atoms with Crippen molar-refractivity contribution in [2.75, 3.05) is 16.4 Å². The molecule has 35 heavy (non-hydrogen) atoms. The van der Waals surface area contributed by atoms with Crippen LogP contribution in [0.4, 0.5) is 28.7 Å². The lowest BCUT2D eigenvalue weighted by atomic mass is 9.91. The van der Waals surface area contributed by atoms with Gasteiger partial charge in [-0.25, -0.2) is 9.97 Å². The van der Waals surface area contributed by atoms with Gasteiger partial charge in [0.15, 0.2) is 11.6 Å². The van der Waals surface area contributed by atoms with Gasteiger partial charge in [0.25, 0.3) is 0 Å². The van der Waals surface area contributed by atoms with E-state index >= 15 is 0 Å². The molecule has 0 aliphatic heterocycles. The summed E-state index contributed by atoms with van der Waals surface area (Å²) in [6, 6.07) is 18.1. The Kier molecular flexibility index (Phi) is 7.54. The third-order valence-electron chi connectivity index (χ3n) is 5.25. The van der Waals surface area contributed by atoms with Gasteiger partial charge in [-0.1, -0.05) is 64.6 Å². The van der Waals surface area contributed by atoms with Crippen LogP contribution in [0.2, 0.25) is 20.1 Å². The molecule has 1 heterocycles. The van der Waals surface area contributed by atoms with E-state index in [2.05, 4.69) is 26.7 Å². The zero-order valence-corrected chi connectivity index (χ0v) is 21.3. The molecule has 4 rings (SSSR count). The first-order valence-electron chi connectivity index (χ1n) is 10.3. The molecule has 6 nitrogen and oxygen atoms in total. The number of nitrogens with one attached hydrogen (secondary N) is 2. The molecule has 0 saturated carbocycles. The number of aromatic nitrogens is 2. The standard InChI is InChI=1S/C25H18Cl4N6/c1-13-6-19(20(11-30)14-2-4-15(26)5-3-14)21(29)10-22(13)35-25-23(31)24(32-12-33-25)34-18-8-16(27)7-17(28)9-18/h2-10,12,20H,31H2,1H3,(H2,32,33,34,35). The number of hydrogen-bond donors (Lipinski definition) is 3. The van der Waals surface area contributed by atoms with Crippen molar-refractivity contribution in [3.63, 3.8) is 0 Å². The lowest BCUT2D eigenvalue weighted by Crippen LogP contribution is -2.07. The van der Waals surface area contributed by atoms with Gasteiger partial charge in [0.1, 0.15) is 12.0 Å². The number of benzene rings is 3. The van der Waals surface area contributed by atoms with Gasteiger partial charge < -0.3 is 16.4 Å². The normalized spacial score (nSPS) is 11.5. The molecule has 3 aromatic carbocycles. The molecule has 0 radical (unpaired) electrons. The number of nitriles is 1. The van der Waals surface area contributed by atoms with Gasteiger partial charge >= 0.3 is 0 Å². The Hall–Kier alpha value is -3.21. The molecule has 1 aromatic heterocycles. The number of nitrogen functional groups attached to an aromatic ring is 1. The van der Waals surface area contributed by atoms with Gasteiger partial charge in [-0.3, -0.25) is 0 Å². The van der Waals surface area contributed by atoms with Crippen LogP contribution in [-0.2, 0) is 0 Å². The minimum absolute atomic E-state index is 0.291. The topological polar surface area (TPSA) is 99.6 Å². The van der Waals surface area contributed by atoms with E-state index in [1.165, 1.54) is 6.33 Å². The van der Waals surface area contributed by atoms with Crippen molar-refractivity contribution < 1.29 is 0 Å². The molecule has 0 amide bonds. The molecule has 4 aromatic rings. The summed E-state index contributed by atoms with van der Waals surface area (Å²) in [4.78, 5) is 8.48. The summed E-state index contributed by atoms with van der Waals surface area (Å²) in [5.74, 6) is 0.225. The predicted molar refractivity (Wildman–Crippen MR) is 145 cm³/mol. The van der Waals surface area contributed by atoms with Gasteiger partial charge in [0, 0.05) is 31.5 Å². The van der Waals surface area contributed by atoms with Crippen molar-refractivity contribution in [2.24, 2.45) is 0 Å². The van der Waals surface area contributed by atoms with Crippen LogP contribution < -0.4 is 16.4 Å². The molecule has 1 atom stereocenters. The van der Waals surface area contributed by atoms with E-state index in [-0.39, 0.29) is 0 Å². The van der Waals surface area contributed by atoms with Crippen LogP contribution in [0.25, 0.3) is 0 Å². The van der Waals surface area contributed by atoms with Crippen molar-refractivity contribution in [1.29, 1.82) is 5.26 Å². The number of nitrogens with zero attached hydrogens (tertiary/aromatic N) is 3. The quantitative estimate of drug-likeness (QED) is 0.227. The number of anilines is 5. The van der Waals surface area contributed by atoms with E-state index in [4.69, 9.17) is 52.1 Å². The molecule has 0 aliphatic carbocycles. The molecular weight excluding hydrogens is 526 g/mol. The second-order valence-corrected chi connectivity index (χ2v) is 9.41. The molecule has 176 valence electrons. The zero-order valence-electron chi connectivity index (χ0n) is 18.3. The second kappa shape index (κ2) is 10.6. The number of rotatable bonds is 6. The molecule has 0 fully saturated rings. The molecule has 0 spiro atoms. The van der Waals surface area contributed by atoms with Gasteiger partial charge in [0.2, 0.25) is 0 Å². The highest BCUT2D eigenvalue weighted by Crippen LogP contribution is 2.36. The summed E-state index contributed by atoms with van der Waals surface area (Å²) in [5, 5.41) is 18.1. The van der Waals surface area contributed by atoms with Crippen LogP contribution >= 0.6 is 46.4 Å². The number of nitrogens with two attached hydrogens (primary N) is 1. The van der Waals surface area contributed by atoms with Gasteiger partial charge in [-0.2, -0.15) is 5.26 Å². The summed E-state index contributed by atoms with van der Waals surface area (Å²) in [7, 11) is 0. The van der Waals surface area contributed by atoms with Crippen LogP contribution in [0.3, 0.4) is 0 Å². The van der Waals surface area contributed by atoms with Gasteiger partial charge in [-0.15, -0.1) is 0 Å². The number of aryl methyl sites for hydroxylation is 1. The monoisotopic (exact) mass is 542 g/mol. The highest BCUT2D eigenvalue weighted by Gasteiger charge is 2.19. The summed E-state index contributed by atoms with van der Waals surface area (Å²) < 4.78 is 0. The number of hydrogen-bond acceptors (Lipinski definition) is 6. The second-order valence-electron chi connectivity index (χ2n) is 7.69. The average Bonchev–Trinajstić information content (AvgIpc) is 2.80. The van der Waals surface area contributed by atoms with Gasteiger partial charge in [0.05, 0.1) is 12.0 Å². The SMILES string of the molecule is Cc1cc(C(C#N)c2ccc(Cl)cc2)c(Cl)cc1Nc1ncnc(Nc2cc(Cl)cc(Cl)c2)c1N. The molecule has 0 saturated heterocycles. The van der Waals surface area contributed by atoms with E-state index in [9.17, 15) is 5.26 Å². The van der Waals surface area contributed by atoms with E-state index in [1.807, 2.05) is 25.1 Å². The van der Waals surface area contributed by atoms with E-state index in [1.54, 1.807) is 36.4 Å². The van der Waals surface area contributed by atoms with Crippen LogP contribution in [0.1, 0.15) is 22.6 Å². The van der Waals surface area contributed by atoms with Crippen molar-refractivity contribution >= 4 is 75.1 Å². The van der Waals surface area contributed by atoms with E-state index in [0.717, 1.165) is 11.1 Å². The Morgan fingerprint density at radius 2 is 1.49 bits per heavy atom. The predicted octanol–water partition coefficient (Wildman–Crippen LogP) is 8.12. The van der Waals surface area contributed by atoms with Crippen LogP contribution in [-0.4, -0.2) is 9.97 Å². The van der Waals surface area contributed by atoms with E-state index < -0.39 is 5.92 Å². The summed E-state index contributed by atoms with van der Waals surface area (Å²) >= 11 is 24.8. The lowest BCUT2D eigenvalue weighted by molar-refractivity contribution is 1.03. The first kappa shape index (κ1) is 24.9. The maximum absolute atomic E-state index is 9.83. The fourth-order valence-corrected chi connectivity index (χ4v) is 4.45. The summed E-state index contributed by atoms with van der Waals surface area (Å²) in [5.41, 5.74) is 10.3. The maximum atomic E-state index is 9.83. The molecule has 0 bridgehead atoms. The maximum Gasteiger partial charge on any atom is 0.159 e. The van der Waals surface area contributed by atoms with Crippen LogP contribution in [0, 0.1) is 18.3 Å². The van der Waals surface area contributed by atoms with Crippen molar-refractivity contribution in [3.05, 3.63) is 97.7 Å². The molecule has 0 aliphatic rings. The summed E-state index contributed by atoms with van der Waals surface area (Å²) in [6.07, 6.45) is 1.38. The minimum Gasteiger partial charge on any atom is -0.393 e. The van der Waals surface area contributed by atoms with Crippen LogP contribution in [0.15, 0.2) is 60.9 Å². The Morgan fingerprint density at radius 1 is 0.857 bits per heavy atom. The summed E-state index contributed by atoms with van der Waals surface area (Å²) in [6.45, 7) is 1.91. The lowest BCUT2D eigenvalue weighted by Gasteiger charge is -2.17. The van der Waals surface area contributed by atoms with Crippen molar-refractivity contribution in [2.45, 2.75) is 12.8 Å². The first-order valence-corrected chi connectivity index (χ1v) is 11.8. The third kappa shape index (κ3) is 5.72. The Morgan fingerprint density at radius 3 is 2.11 bits per heavy atom. The zero-order chi connectivity index (χ0) is 25.1. The highest BCUT2D eigenvalue weighted by molar-refractivity contribution is 6.35. The van der Waals surface area contributed by atoms with Gasteiger partial charge in [-0.05, 0) is 60.0 Å². The largest absolute Gasteiger partial charge is 0.393 e. The fraction of sp³-hybridized carbons (Fsp3) is 0.0800. The highest BCUT2D eigenvalue weighted by atomic mass is 35.5. The number of halogens is 4. The van der Waals surface area contributed by atoms with Crippen molar-refractivity contribution in [3.8, 4) is 6.07 Å². The molecular formula is C25H18Cl4N6. The Balaban J connectivity index is 1.62. The van der Waals surface area contributed by atoms with Crippen LogP contribution in [0.5, 0.6) is 0 Å². The fourth-order valence-electron chi connectivity index (χ4n) is 3.52. The Labute approximate surface area is 222 Å². The molecule has 10 heteroatoms. The third-order valence-corrected chi connectivity index (χ3v) is 6.27. The minimum atomic E-state index is -0.544. The van der Waals surface area contributed by atoms with Crippen molar-refractivity contribution in [1.82, 2.24) is 9.97 Å². The van der Waals surface area contributed by atoms with E-state index in [0.29, 0.717) is 54.4 Å². The smallest absolute Gasteiger partial charge is 0.159 e. The molecule has 1 unspecified atom stereocenters. The molecule has 4 N–H and O–H groups in total.